The second kappa shape index (κ2) is 12.4. The molecule has 0 aliphatic carbocycles. The van der Waals surface area contributed by atoms with E-state index < -0.39 is 0 Å². The van der Waals surface area contributed by atoms with E-state index in [0.717, 1.165) is 72.6 Å². The first-order valence-corrected chi connectivity index (χ1v) is 12.8. The van der Waals surface area contributed by atoms with Crippen LogP contribution in [0.5, 0.6) is 11.9 Å². The van der Waals surface area contributed by atoms with Crippen LogP contribution in [0.2, 0.25) is 0 Å². The van der Waals surface area contributed by atoms with Crippen molar-refractivity contribution in [2.75, 3.05) is 51.0 Å². The molecule has 0 aliphatic heterocycles. The van der Waals surface area contributed by atoms with Crippen LogP contribution in [0.1, 0.15) is 11.1 Å². The molecule has 4 N–H and O–H groups in total. The summed E-state index contributed by atoms with van der Waals surface area (Å²) in [6.07, 6.45) is 0. The number of rotatable bonds is 14. The fraction of sp³-hybridized carbons (Fsp3) is 0.267. The van der Waals surface area contributed by atoms with E-state index in [1.165, 1.54) is 11.1 Å². The van der Waals surface area contributed by atoms with E-state index in [4.69, 9.17) is 18.3 Å². The van der Waals surface area contributed by atoms with Crippen LogP contribution in [-0.2, 0) is 13.1 Å². The number of ether oxygens (including phenoxy) is 2. The first-order chi connectivity index (χ1) is 18.8. The molecular formula is C30H34N4O4. The average molecular weight is 515 g/mol. The lowest BCUT2D eigenvalue weighted by Crippen LogP contribution is -2.23. The van der Waals surface area contributed by atoms with E-state index in [-0.39, 0.29) is 0 Å². The summed E-state index contributed by atoms with van der Waals surface area (Å²) < 4.78 is 22.3. The van der Waals surface area contributed by atoms with E-state index in [0.29, 0.717) is 11.9 Å². The Morgan fingerprint density at radius 1 is 0.579 bits per heavy atom. The van der Waals surface area contributed by atoms with Gasteiger partial charge < -0.3 is 39.6 Å². The van der Waals surface area contributed by atoms with Crippen molar-refractivity contribution in [2.24, 2.45) is 0 Å². The quantitative estimate of drug-likeness (QED) is 0.142. The fourth-order valence-electron chi connectivity index (χ4n) is 4.54. The van der Waals surface area contributed by atoms with E-state index in [2.05, 4.69) is 45.5 Å². The molecule has 5 rings (SSSR count). The zero-order chi connectivity index (χ0) is 26.2. The van der Waals surface area contributed by atoms with Crippen LogP contribution >= 0.6 is 0 Å². The molecule has 3 aromatic carbocycles. The molecule has 0 unspecified atom stereocenters. The summed E-state index contributed by atoms with van der Waals surface area (Å²) in [4.78, 5) is 0. The number of fused-ring (bicyclic) bond motifs is 2. The Kier molecular flexibility index (Phi) is 8.32. The van der Waals surface area contributed by atoms with E-state index in [1.807, 2.05) is 48.5 Å². The van der Waals surface area contributed by atoms with Gasteiger partial charge in [-0.1, -0.05) is 48.5 Å². The Balaban J connectivity index is 1.04. The van der Waals surface area contributed by atoms with Crippen molar-refractivity contribution in [3.63, 3.8) is 0 Å². The molecule has 0 atom stereocenters. The van der Waals surface area contributed by atoms with Crippen LogP contribution in [0.4, 0.5) is 11.4 Å². The Bertz CT molecular complexity index is 1370. The molecule has 2 heterocycles. The Morgan fingerprint density at radius 3 is 1.53 bits per heavy atom. The summed E-state index contributed by atoms with van der Waals surface area (Å²) in [7, 11) is 3.25. The number of furan rings is 2. The summed E-state index contributed by atoms with van der Waals surface area (Å²) in [5.74, 6) is 1.03. The Labute approximate surface area is 222 Å². The van der Waals surface area contributed by atoms with Gasteiger partial charge in [0.05, 0.1) is 14.2 Å². The number of anilines is 2. The fourth-order valence-corrected chi connectivity index (χ4v) is 4.54. The van der Waals surface area contributed by atoms with Crippen molar-refractivity contribution in [1.29, 1.82) is 0 Å². The van der Waals surface area contributed by atoms with Gasteiger partial charge in [-0.3, -0.25) is 0 Å². The number of hydrogen-bond acceptors (Lipinski definition) is 8. The maximum atomic E-state index is 5.76. The maximum Gasteiger partial charge on any atom is 0.309 e. The molecule has 38 heavy (non-hydrogen) atoms. The van der Waals surface area contributed by atoms with E-state index in [9.17, 15) is 0 Å². The number of para-hydroxylation sites is 2. The van der Waals surface area contributed by atoms with Crippen molar-refractivity contribution < 1.29 is 18.3 Å². The molecule has 0 radical (unpaired) electrons. The third kappa shape index (κ3) is 5.88. The SMILES string of the molecule is COc1oc2ccccc2c1NCCNCc1cccc(CNCCNc2c(OC)oc3ccccc23)c1. The van der Waals surface area contributed by atoms with Gasteiger partial charge in [-0.25, -0.2) is 0 Å². The standard InChI is InChI=1S/C30H34N4O4/c1-35-29-27(23-10-3-5-12-25(23)37-29)33-16-14-31-19-21-8-7-9-22(18-21)20-32-15-17-34-28-24-11-4-6-13-26(24)38-30(28)36-2/h3-13,18,31-34H,14-17,19-20H2,1-2H3. The highest BCUT2D eigenvalue weighted by Gasteiger charge is 2.14. The van der Waals surface area contributed by atoms with Gasteiger partial charge in [0.25, 0.3) is 0 Å². The van der Waals surface area contributed by atoms with E-state index in [1.54, 1.807) is 14.2 Å². The molecule has 0 saturated carbocycles. The monoisotopic (exact) mass is 514 g/mol. The third-order valence-electron chi connectivity index (χ3n) is 6.35. The van der Waals surface area contributed by atoms with Gasteiger partial charge in [-0.05, 0) is 35.4 Å². The second-order valence-corrected chi connectivity index (χ2v) is 8.96. The minimum absolute atomic E-state index is 0.513. The molecule has 0 saturated heterocycles. The lowest BCUT2D eigenvalue weighted by Gasteiger charge is -2.10. The van der Waals surface area contributed by atoms with Gasteiger partial charge in [0.15, 0.2) is 0 Å². The van der Waals surface area contributed by atoms with Gasteiger partial charge in [-0.15, -0.1) is 0 Å². The normalized spacial score (nSPS) is 11.2. The molecule has 0 fully saturated rings. The summed E-state index contributed by atoms with van der Waals surface area (Å²) in [5, 5.41) is 15.9. The predicted molar refractivity (Wildman–Crippen MR) is 152 cm³/mol. The molecule has 198 valence electrons. The number of nitrogens with one attached hydrogen (secondary N) is 4. The topological polar surface area (TPSA) is 92.9 Å². The zero-order valence-electron chi connectivity index (χ0n) is 21.8. The summed E-state index contributed by atoms with van der Waals surface area (Å²) in [6.45, 7) is 4.73. The van der Waals surface area contributed by atoms with Crippen molar-refractivity contribution in [2.45, 2.75) is 13.1 Å². The minimum Gasteiger partial charge on any atom is -0.467 e. The molecule has 0 bridgehead atoms. The lowest BCUT2D eigenvalue weighted by atomic mass is 10.1. The van der Waals surface area contributed by atoms with Crippen LogP contribution in [0.15, 0.2) is 81.6 Å². The van der Waals surface area contributed by atoms with Gasteiger partial charge in [0.2, 0.25) is 0 Å². The van der Waals surface area contributed by atoms with Gasteiger partial charge in [-0.2, -0.15) is 0 Å². The molecule has 0 aliphatic rings. The van der Waals surface area contributed by atoms with E-state index >= 15 is 0 Å². The van der Waals surface area contributed by atoms with Crippen molar-refractivity contribution in [1.82, 2.24) is 10.6 Å². The first-order valence-electron chi connectivity index (χ1n) is 12.8. The first kappa shape index (κ1) is 25.5. The number of methoxy groups -OCH3 is 2. The average Bonchev–Trinajstić information content (AvgIpc) is 3.50. The largest absolute Gasteiger partial charge is 0.467 e. The molecule has 5 aromatic rings. The van der Waals surface area contributed by atoms with Crippen molar-refractivity contribution in [3.05, 3.63) is 83.9 Å². The van der Waals surface area contributed by atoms with Crippen LogP contribution in [0.25, 0.3) is 21.9 Å². The highest BCUT2D eigenvalue weighted by atomic mass is 16.6. The molecule has 0 spiro atoms. The number of hydrogen-bond donors (Lipinski definition) is 4. The maximum absolute atomic E-state index is 5.76. The summed E-state index contributed by atoms with van der Waals surface area (Å²) in [5.41, 5.74) is 5.93. The highest BCUT2D eigenvalue weighted by molar-refractivity contribution is 5.94. The molecule has 0 amide bonds. The highest BCUT2D eigenvalue weighted by Crippen LogP contribution is 2.37. The number of benzene rings is 3. The predicted octanol–water partition coefficient (Wildman–Crippen LogP) is 5.60. The van der Waals surface area contributed by atoms with Crippen LogP contribution in [0, 0.1) is 0 Å². The minimum atomic E-state index is 0.513. The zero-order valence-corrected chi connectivity index (χ0v) is 21.8. The molecular weight excluding hydrogens is 480 g/mol. The third-order valence-corrected chi connectivity index (χ3v) is 6.35. The molecule has 2 aromatic heterocycles. The molecule has 8 heteroatoms. The Hall–Kier alpha value is -4.14. The van der Waals surface area contributed by atoms with Crippen LogP contribution in [-0.4, -0.2) is 40.4 Å². The Morgan fingerprint density at radius 2 is 1.05 bits per heavy atom. The smallest absolute Gasteiger partial charge is 0.309 e. The van der Waals surface area contributed by atoms with Crippen LogP contribution in [0.3, 0.4) is 0 Å². The lowest BCUT2D eigenvalue weighted by molar-refractivity contribution is 0.317. The van der Waals surface area contributed by atoms with Crippen LogP contribution < -0.4 is 30.7 Å². The second-order valence-electron chi connectivity index (χ2n) is 8.96. The van der Waals surface area contributed by atoms with Crippen molar-refractivity contribution >= 4 is 33.3 Å². The summed E-state index contributed by atoms with van der Waals surface area (Å²) >= 11 is 0. The van der Waals surface area contributed by atoms with Crippen molar-refractivity contribution in [3.8, 4) is 11.9 Å². The van der Waals surface area contributed by atoms with Gasteiger partial charge in [0.1, 0.15) is 22.5 Å². The summed E-state index contributed by atoms with van der Waals surface area (Å²) in [6, 6.07) is 24.5. The molecule has 8 nitrogen and oxygen atoms in total. The van der Waals surface area contributed by atoms with Gasteiger partial charge in [0, 0.05) is 50.0 Å². The van der Waals surface area contributed by atoms with Gasteiger partial charge >= 0.3 is 11.9 Å².